The Hall–Kier alpha value is -3.55. The van der Waals surface area contributed by atoms with Gasteiger partial charge in [0.15, 0.2) is 0 Å². The zero-order valence-electron chi connectivity index (χ0n) is 26.6. The molecule has 1 unspecified atom stereocenters. The summed E-state index contributed by atoms with van der Waals surface area (Å²) in [6, 6.07) is 0.535. The first-order valence-corrected chi connectivity index (χ1v) is 14.7. The zero-order valence-corrected chi connectivity index (χ0v) is 26.6. The number of anilines is 1. The van der Waals surface area contributed by atoms with Crippen LogP contribution in [-0.4, -0.2) is 96.8 Å². The Bertz CT molecular complexity index is 1260. The molecule has 44 heavy (non-hydrogen) atoms. The van der Waals surface area contributed by atoms with Crippen molar-refractivity contribution in [2.45, 2.75) is 90.8 Å². The summed E-state index contributed by atoms with van der Waals surface area (Å²) >= 11 is 0. The highest BCUT2D eigenvalue weighted by Crippen LogP contribution is 2.45. The fraction of sp³-hybridized carbons (Fsp3) is 0.667. The predicted octanol–water partition coefficient (Wildman–Crippen LogP) is 4.22. The van der Waals surface area contributed by atoms with Crippen LogP contribution in [0.15, 0.2) is 12.1 Å². The van der Waals surface area contributed by atoms with Crippen molar-refractivity contribution in [3.63, 3.8) is 0 Å². The van der Waals surface area contributed by atoms with E-state index in [0.29, 0.717) is 25.5 Å². The van der Waals surface area contributed by atoms with Crippen LogP contribution in [-0.2, 0) is 25.2 Å². The number of carbonyl (C=O) groups is 4. The lowest BCUT2D eigenvalue weighted by Gasteiger charge is -2.42. The highest BCUT2D eigenvalue weighted by Gasteiger charge is 2.53. The van der Waals surface area contributed by atoms with Gasteiger partial charge in [0.1, 0.15) is 11.4 Å². The largest absolute Gasteiger partial charge is 0.464 e. The maximum absolute atomic E-state index is 14.6. The minimum absolute atomic E-state index is 0.0267. The molecular formula is C30H43F3N4O7. The van der Waals surface area contributed by atoms with Gasteiger partial charge < -0.3 is 34.2 Å². The molecule has 2 heterocycles. The first kappa shape index (κ1) is 34.9. The fourth-order valence-corrected chi connectivity index (χ4v) is 5.38. The number of benzene rings is 1. The Morgan fingerprint density at radius 3 is 2.41 bits per heavy atom. The molecule has 1 N–H and O–H groups in total. The van der Waals surface area contributed by atoms with E-state index in [1.807, 2.05) is 0 Å². The SMILES string of the molecule is CCOC(=O)C1(C)Oc2cc(C(F)(F)F)c(C(=O)N(C(C)C)[C@@H]3CCCN(C(=O)OC(C)(C)C)C3)cc2N(CCNC)C1=O. The van der Waals surface area contributed by atoms with E-state index in [2.05, 4.69) is 5.32 Å². The minimum atomic E-state index is -4.99. The van der Waals surface area contributed by atoms with E-state index in [-0.39, 0.29) is 37.7 Å². The molecule has 14 heteroatoms. The van der Waals surface area contributed by atoms with E-state index >= 15 is 0 Å². The number of rotatable bonds is 8. The van der Waals surface area contributed by atoms with Crippen molar-refractivity contribution < 1.29 is 46.6 Å². The van der Waals surface area contributed by atoms with Gasteiger partial charge in [-0.25, -0.2) is 9.59 Å². The third kappa shape index (κ3) is 7.39. The van der Waals surface area contributed by atoms with Gasteiger partial charge in [0.25, 0.3) is 17.4 Å². The molecule has 11 nitrogen and oxygen atoms in total. The van der Waals surface area contributed by atoms with Crippen molar-refractivity contribution in [3.8, 4) is 5.75 Å². The number of piperidine rings is 1. The molecule has 3 rings (SSSR count). The molecule has 1 aromatic rings. The summed E-state index contributed by atoms with van der Waals surface area (Å²) in [5.74, 6) is -3.18. The number of nitrogens with one attached hydrogen (secondary N) is 1. The van der Waals surface area contributed by atoms with Crippen LogP contribution in [0.25, 0.3) is 0 Å². The summed E-state index contributed by atoms with van der Waals surface area (Å²) in [7, 11) is 1.63. The average Bonchev–Trinajstić information content (AvgIpc) is 2.91. The maximum Gasteiger partial charge on any atom is 0.417 e. The van der Waals surface area contributed by atoms with Crippen LogP contribution in [0.4, 0.5) is 23.7 Å². The number of likely N-dealkylation sites (tertiary alicyclic amines) is 1. The van der Waals surface area contributed by atoms with E-state index in [0.717, 1.165) is 17.9 Å². The number of hydrogen-bond donors (Lipinski definition) is 1. The first-order valence-electron chi connectivity index (χ1n) is 14.7. The lowest BCUT2D eigenvalue weighted by Crippen LogP contribution is -2.60. The van der Waals surface area contributed by atoms with Crippen molar-refractivity contribution >= 4 is 29.6 Å². The number of alkyl halides is 3. The Kier molecular flexibility index (Phi) is 10.5. The van der Waals surface area contributed by atoms with Crippen molar-refractivity contribution in [2.24, 2.45) is 0 Å². The summed E-state index contributed by atoms with van der Waals surface area (Å²) in [5.41, 5.74) is -5.01. The molecule has 0 bridgehead atoms. The van der Waals surface area contributed by atoms with E-state index in [1.165, 1.54) is 16.7 Å². The van der Waals surface area contributed by atoms with Crippen LogP contribution < -0.4 is 15.0 Å². The normalized spacial score (nSPS) is 20.6. The second-order valence-electron chi connectivity index (χ2n) is 12.3. The lowest BCUT2D eigenvalue weighted by atomic mass is 9.96. The first-order chi connectivity index (χ1) is 20.4. The van der Waals surface area contributed by atoms with Gasteiger partial charge in [-0.2, -0.15) is 13.2 Å². The monoisotopic (exact) mass is 628 g/mol. The number of esters is 1. The Balaban J connectivity index is 2.12. The Labute approximate surface area is 255 Å². The zero-order chi connectivity index (χ0) is 33.2. The summed E-state index contributed by atoms with van der Waals surface area (Å²) in [6.07, 6.45) is -4.57. The van der Waals surface area contributed by atoms with E-state index in [9.17, 15) is 32.3 Å². The van der Waals surface area contributed by atoms with Crippen LogP contribution in [0, 0.1) is 0 Å². The minimum Gasteiger partial charge on any atom is -0.464 e. The van der Waals surface area contributed by atoms with Gasteiger partial charge in [-0.05, 0) is 80.5 Å². The molecule has 2 aliphatic heterocycles. The number of carbonyl (C=O) groups excluding carboxylic acids is 4. The van der Waals surface area contributed by atoms with Gasteiger partial charge in [0.2, 0.25) is 0 Å². The number of amides is 3. The van der Waals surface area contributed by atoms with Crippen molar-refractivity contribution in [1.29, 1.82) is 0 Å². The smallest absolute Gasteiger partial charge is 0.417 e. The molecule has 0 saturated carbocycles. The van der Waals surface area contributed by atoms with E-state index in [1.54, 1.807) is 41.7 Å². The van der Waals surface area contributed by atoms with E-state index < -0.39 is 64.5 Å². The van der Waals surface area contributed by atoms with Gasteiger partial charge >= 0.3 is 18.2 Å². The average molecular weight is 629 g/mol. The standard InChI is InChI=1S/C30H43F3N4O7/c1-9-42-26(40)29(7)25(39)36(14-12-34-8)22-15-20(21(30(31,32)33)16-23(22)43-29)24(38)37(18(2)3)19-11-10-13-35(17-19)27(41)44-28(4,5)6/h15-16,18-19,34H,9-14,17H2,1-8H3/t19-,29?/m1/s1. The molecule has 1 saturated heterocycles. The van der Waals surface area contributed by atoms with Crippen LogP contribution in [0.3, 0.4) is 0 Å². The molecule has 3 amide bonds. The second-order valence-corrected chi connectivity index (χ2v) is 12.3. The number of hydrogen-bond acceptors (Lipinski definition) is 8. The summed E-state index contributed by atoms with van der Waals surface area (Å²) in [4.78, 5) is 57.2. The summed E-state index contributed by atoms with van der Waals surface area (Å²) in [6.45, 7) is 11.8. The number of ether oxygens (including phenoxy) is 3. The molecular weight excluding hydrogens is 585 g/mol. The molecule has 0 aromatic heterocycles. The van der Waals surface area contributed by atoms with Gasteiger partial charge in [0, 0.05) is 32.2 Å². The van der Waals surface area contributed by atoms with Crippen LogP contribution in [0.5, 0.6) is 5.75 Å². The van der Waals surface area contributed by atoms with E-state index in [4.69, 9.17) is 14.2 Å². The second kappa shape index (κ2) is 13.2. The molecule has 0 aliphatic carbocycles. The Morgan fingerprint density at radius 1 is 1.20 bits per heavy atom. The lowest BCUT2D eigenvalue weighted by molar-refractivity contribution is -0.166. The predicted molar refractivity (Wildman–Crippen MR) is 156 cm³/mol. The third-order valence-electron chi connectivity index (χ3n) is 7.38. The van der Waals surface area contributed by atoms with Gasteiger partial charge in [-0.1, -0.05) is 0 Å². The highest BCUT2D eigenvalue weighted by atomic mass is 19.4. The molecule has 2 atom stereocenters. The van der Waals surface area contributed by atoms with Gasteiger partial charge in [-0.15, -0.1) is 0 Å². The van der Waals surface area contributed by atoms with Gasteiger partial charge in [0.05, 0.1) is 29.5 Å². The molecule has 0 spiro atoms. The molecule has 2 aliphatic rings. The van der Waals surface area contributed by atoms with Crippen LogP contribution >= 0.6 is 0 Å². The maximum atomic E-state index is 14.6. The molecule has 1 fully saturated rings. The summed E-state index contributed by atoms with van der Waals surface area (Å²) in [5, 5.41) is 2.88. The molecule has 1 aromatic carbocycles. The van der Waals surface area contributed by atoms with Crippen molar-refractivity contribution in [3.05, 3.63) is 23.3 Å². The molecule has 0 radical (unpaired) electrons. The number of halogens is 3. The van der Waals surface area contributed by atoms with Crippen LogP contribution in [0.2, 0.25) is 0 Å². The summed E-state index contributed by atoms with van der Waals surface area (Å²) < 4.78 is 59.9. The van der Waals surface area contributed by atoms with Gasteiger partial charge in [-0.3, -0.25) is 9.59 Å². The number of likely N-dealkylation sites (N-methyl/N-ethyl adjacent to an activating group) is 1. The topological polar surface area (TPSA) is 118 Å². The fourth-order valence-electron chi connectivity index (χ4n) is 5.38. The van der Waals surface area contributed by atoms with Crippen LogP contribution in [0.1, 0.15) is 77.2 Å². The third-order valence-corrected chi connectivity index (χ3v) is 7.38. The van der Waals surface area contributed by atoms with Crippen molar-refractivity contribution in [2.75, 3.05) is 44.7 Å². The van der Waals surface area contributed by atoms with Crippen molar-refractivity contribution in [1.82, 2.24) is 15.1 Å². The number of nitrogens with zero attached hydrogens (tertiary/aromatic N) is 3. The Morgan fingerprint density at radius 2 is 1.86 bits per heavy atom. The highest BCUT2D eigenvalue weighted by molar-refractivity contribution is 6.15. The number of fused-ring (bicyclic) bond motifs is 1. The quantitative estimate of drug-likeness (QED) is 0.336. The molecule has 246 valence electrons.